The van der Waals surface area contributed by atoms with Crippen molar-refractivity contribution < 1.29 is 14.3 Å². The van der Waals surface area contributed by atoms with Gasteiger partial charge in [0.2, 0.25) is 0 Å². The molecule has 1 heterocycles. The standard InChI is InChI=1S/C12H11ClN2O3S/c1-6-10(16)15(12(19)14-6)7-3-4-9(13)8(5-7)11(17)18-2/h3-6H,1-2H3,(H,14,19)/t6-/m0/s1. The zero-order valence-electron chi connectivity index (χ0n) is 10.3. The van der Waals surface area contributed by atoms with E-state index in [1.807, 2.05) is 0 Å². The Kier molecular flexibility index (Phi) is 3.73. The van der Waals surface area contributed by atoms with Crippen LogP contribution < -0.4 is 10.2 Å². The summed E-state index contributed by atoms with van der Waals surface area (Å²) in [5.74, 6) is -0.742. The van der Waals surface area contributed by atoms with Crippen LogP contribution in [0.2, 0.25) is 5.02 Å². The fourth-order valence-corrected chi connectivity index (χ4v) is 2.34. The van der Waals surface area contributed by atoms with Gasteiger partial charge in [0.15, 0.2) is 5.11 Å². The number of benzene rings is 1. The molecule has 1 amide bonds. The summed E-state index contributed by atoms with van der Waals surface area (Å²) >= 11 is 11.0. The lowest BCUT2D eigenvalue weighted by Crippen LogP contribution is -2.30. The van der Waals surface area contributed by atoms with Crippen LogP contribution in [-0.4, -0.2) is 30.1 Å². The fraction of sp³-hybridized carbons (Fsp3) is 0.250. The van der Waals surface area contributed by atoms with Crippen LogP contribution in [0.15, 0.2) is 18.2 Å². The highest BCUT2D eigenvalue weighted by molar-refractivity contribution is 7.80. The number of methoxy groups -OCH3 is 1. The lowest BCUT2D eigenvalue weighted by molar-refractivity contribution is -0.117. The van der Waals surface area contributed by atoms with E-state index in [0.29, 0.717) is 10.8 Å². The quantitative estimate of drug-likeness (QED) is 0.666. The summed E-state index contributed by atoms with van der Waals surface area (Å²) < 4.78 is 4.63. The molecule has 100 valence electrons. The smallest absolute Gasteiger partial charge is 0.339 e. The van der Waals surface area contributed by atoms with Gasteiger partial charge >= 0.3 is 5.97 Å². The van der Waals surface area contributed by atoms with E-state index in [1.165, 1.54) is 24.1 Å². The van der Waals surface area contributed by atoms with Crippen molar-refractivity contribution in [3.05, 3.63) is 28.8 Å². The number of hydrogen-bond acceptors (Lipinski definition) is 4. The Morgan fingerprint density at radius 1 is 1.53 bits per heavy atom. The second kappa shape index (κ2) is 5.14. The molecule has 1 aromatic carbocycles. The Hall–Kier alpha value is -1.66. The van der Waals surface area contributed by atoms with Gasteiger partial charge in [-0.15, -0.1) is 0 Å². The Morgan fingerprint density at radius 2 is 2.21 bits per heavy atom. The molecule has 5 nitrogen and oxygen atoms in total. The minimum Gasteiger partial charge on any atom is -0.465 e. The molecule has 1 aromatic rings. The van der Waals surface area contributed by atoms with Crippen molar-refractivity contribution in [2.24, 2.45) is 0 Å². The number of anilines is 1. The summed E-state index contributed by atoms with van der Waals surface area (Å²) in [6, 6.07) is 4.25. The van der Waals surface area contributed by atoms with Crippen molar-refractivity contribution in [1.82, 2.24) is 5.32 Å². The number of halogens is 1. The first kappa shape index (κ1) is 13.8. The predicted molar refractivity (Wildman–Crippen MR) is 75.5 cm³/mol. The average molecular weight is 299 g/mol. The van der Waals surface area contributed by atoms with E-state index in [9.17, 15) is 9.59 Å². The summed E-state index contributed by atoms with van der Waals surface area (Å²) in [4.78, 5) is 24.9. The maximum Gasteiger partial charge on any atom is 0.339 e. The zero-order chi connectivity index (χ0) is 14.2. The van der Waals surface area contributed by atoms with Gasteiger partial charge in [-0.3, -0.25) is 9.69 Å². The lowest BCUT2D eigenvalue weighted by Gasteiger charge is -2.16. The van der Waals surface area contributed by atoms with Crippen LogP contribution in [0.1, 0.15) is 17.3 Å². The van der Waals surface area contributed by atoms with Gasteiger partial charge in [-0.25, -0.2) is 4.79 Å². The molecule has 1 fully saturated rings. The van der Waals surface area contributed by atoms with Crippen LogP contribution in [0.4, 0.5) is 5.69 Å². The molecule has 0 bridgehead atoms. The van der Waals surface area contributed by atoms with Gasteiger partial charge < -0.3 is 10.1 Å². The number of hydrogen-bond donors (Lipinski definition) is 1. The molecular formula is C12H11ClN2O3S. The molecular weight excluding hydrogens is 288 g/mol. The molecule has 19 heavy (non-hydrogen) atoms. The van der Waals surface area contributed by atoms with E-state index in [4.69, 9.17) is 23.8 Å². The third kappa shape index (κ3) is 2.41. The summed E-state index contributed by atoms with van der Waals surface area (Å²) in [6.07, 6.45) is 0. The minimum atomic E-state index is -0.564. The molecule has 0 aromatic heterocycles. The third-order valence-electron chi connectivity index (χ3n) is 2.75. The van der Waals surface area contributed by atoms with E-state index in [1.54, 1.807) is 13.0 Å². The van der Waals surface area contributed by atoms with Crippen molar-refractivity contribution in [2.45, 2.75) is 13.0 Å². The fourth-order valence-electron chi connectivity index (χ4n) is 1.77. The second-order valence-electron chi connectivity index (χ2n) is 4.00. The molecule has 1 saturated heterocycles. The molecule has 1 N–H and O–H groups in total. The minimum absolute atomic E-state index is 0.178. The molecule has 0 spiro atoms. The number of rotatable bonds is 2. The summed E-state index contributed by atoms with van der Waals surface area (Å²) in [5.41, 5.74) is 0.675. The topological polar surface area (TPSA) is 58.6 Å². The normalized spacial score (nSPS) is 18.5. The van der Waals surface area contributed by atoms with Crippen LogP contribution in [0.3, 0.4) is 0 Å². The van der Waals surface area contributed by atoms with Crippen molar-refractivity contribution in [2.75, 3.05) is 12.0 Å². The first-order chi connectivity index (χ1) is 8.95. The Labute approximate surface area is 120 Å². The van der Waals surface area contributed by atoms with Crippen LogP contribution in [0.25, 0.3) is 0 Å². The van der Waals surface area contributed by atoms with Crippen LogP contribution in [0, 0.1) is 0 Å². The monoisotopic (exact) mass is 298 g/mol. The summed E-state index contributed by atoms with van der Waals surface area (Å²) in [6.45, 7) is 1.71. The number of carbonyl (C=O) groups is 2. The second-order valence-corrected chi connectivity index (χ2v) is 4.79. The average Bonchev–Trinajstić information content (AvgIpc) is 2.63. The van der Waals surface area contributed by atoms with Crippen LogP contribution >= 0.6 is 23.8 Å². The molecule has 7 heteroatoms. The van der Waals surface area contributed by atoms with E-state index < -0.39 is 5.97 Å². The van der Waals surface area contributed by atoms with Gasteiger partial charge in [0, 0.05) is 0 Å². The molecule has 2 rings (SSSR count). The van der Waals surface area contributed by atoms with E-state index >= 15 is 0 Å². The summed E-state index contributed by atoms with van der Waals surface area (Å²) in [5, 5.41) is 3.41. The van der Waals surface area contributed by atoms with Crippen molar-refractivity contribution in [3.8, 4) is 0 Å². The highest BCUT2D eigenvalue weighted by Crippen LogP contribution is 2.26. The number of nitrogens with one attached hydrogen (secondary N) is 1. The number of nitrogens with zero attached hydrogens (tertiary/aromatic N) is 1. The summed E-state index contributed by atoms with van der Waals surface area (Å²) in [7, 11) is 1.26. The van der Waals surface area contributed by atoms with Crippen LogP contribution in [0.5, 0.6) is 0 Å². The van der Waals surface area contributed by atoms with Gasteiger partial charge in [0.25, 0.3) is 5.91 Å². The SMILES string of the molecule is COC(=O)c1cc(N2C(=O)[C@H](C)NC2=S)ccc1Cl. The molecule has 1 aliphatic heterocycles. The third-order valence-corrected chi connectivity index (χ3v) is 3.38. The largest absolute Gasteiger partial charge is 0.465 e. The van der Waals surface area contributed by atoms with Crippen molar-refractivity contribution in [1.29, 1.82) is 0 Å². The van der Waals surface area contributed by atoms with E-state index in [2.05, 4.69) is 10.1 Å². The predicted octanol–water partition coefficient (Wildman–Crippen LogP) is 1.74. The lowest BCUT2D eigenvalue weighted by atomic mass is 10.2. The van der Waals surface area contributed by atoms with Crippen molar-refractivity contribution >= 4 is 46.5 Å². The molecule has 0 unspecified atom stereocenters. The first-order valence-corrected chi connectivity index (χ1v) is 6.26. The number of ether oxygens (including phenoxy) is 1. The highest BCUT2D eigenvalue weighted by atomic mass is 35.5. The van der Waals surface area contributed by atoms with E-state index in [0.717, 1.165) is 0 Å². The maximum atomic E-state index is 12.0. The van der Waals surface area contributed by atoms with Gasteiger partial charge in [0.05, 0.1) is 23.4 Å². The number of carbonyl (C=O) groups excluding carboxylic acids is 2. The molecule has 0 aliphatic carbocycles. The molecule has 1 aliphatic rings. The Balaban J connectivity index is 2.44. The number of amides is 1. The molecule has 1 atom stereocenters. The van der Waals surface area contributed by atoms with Gasteiger partial charge in [-0.2, -0.15) is 0 Å². The maximum absolute atomic E-state index is 12.0. The molecule has 0 radical (unpaired) electrons. The molecule has 0 saturated carbocycles. The zero-order valence-corrected chi connectivity index (χ0v) is 11.8. The van der Waals surface area contributed by atoms with Gasteiger partial charge in [0.1, 0.15) is 6.04 Å². The number of esters is 1. The van der Waals surface area contributed by atoms with Gasteiger partial charge in [-0.1, -0.05) is 11.6 Å². The Bertz CT molecular complexity index is 576. The number of thiocarbonyl (C=S) groups is 1. The first-order valence-electron chi connectivity index (χ1n) is 5.48. The van der Waals surface area contributed by atoms with Crippen LogP contribution in [-0.2, 0) is 9.53 Å². The highest BCUT2D eigenvalue weighted by Gasteiger charge is 2.33. The Morgan fingerprint density at radius 3 is 2.74 bits per heavy atom. The van der Waals surface area contributed by atoms with E-state index in [-0.39, 0.29) is 22.5 Å². The van der Waals surface area contributed by atoms with Crippen molar-refractivity contribution in [3.63, 3.8) is 0 Å². The van der Waals surface area contributed by atoms with Gasteiger partial charge in [-0.05, 0) is 37.3 Å².